The van der Waals surface area contributed by atoms with Crippen LogP contribution in [0, 0.1) is 5.92 Å². The molecule has 0 radical (unpaired) electrons. The third kappa shape index (κ3) is 4.43. The number of fused-ring (bicyclic) bond motifs is 1. The number of anilines is 1. The van der Waals surface area contributed by atoms with E-state index in [1.807, 2.05) is 12.1 Å². The number of hydrogen-bond donors (Lipinski definition) is 2. The molecule has 0 saturated carbocycles. The van der Waals surface area contributed by atoms with E-state index in [9.17, 15) is 13.2 Å². The smallest absolute Gasteiger partial charge is 0.240 e. The van der Waals surface area contributed by atoms with Crippen LogP contribution in [-0.2, 0) is 32.4 Å². The minimum Gasteiger partial charge on any atom is -0.376 e. The molecule has 0 spiro atoms. The minimum atomic E-state index is -3.69. The SMILES string of the molecule is COC1(CNS(=O)(=O)c2ccc(NC(=O)C(C)C)cc2)Cc2ccccc2C1. The van der Waals surface area contributed by atoms with Gasteiger partial charge in [0.1, 0.15) is 0 Å². The molecular weight excluding hydrogens is 376 g/mol. The Bertz CT molecular complexity index is 928. The van der Waals surface area contributed by atoms with E-state index in [4.69, 9.17) is 4.74 Å². The number of rotatable bonds is 7. The lowest BCUT2D eigenvalue weighted by molar-refractivity contribution is -0.118. The Hall–Kier alpha value is -2.22. The van der Waals surface area contributed by atoms with Crippen molar-refractivity contribution in [2.24, 2.45) is 5.92 Å². The van der Waals surface area contributed by atoms with E-state index in [1.165, 1.54) is 23.3 Å². The Balaban J connectivity index is 1.68. The zero-order valence-corrected chi connectivity index (χ0v) is 17.2. The number of amides is 1. The maximum absolute atomic E-state index is 12.7. The molecule has 28 heavy (non-hydrogen) atoms. The average molecular weight is 403 g/mol. The first-order valence-corrected chi connectivity index (χ1v) is 10.8. The molecule has 1 aliphatic carbocycles. The van der Waals surface area contributed by atoms with Crippen LogP contribution in [-0.4, -0.2) is 33.6 Å². The van der Waals surface area contributed by atoms with Crippen molar-refractivity contribution in [2.45, 2.75) is 37.2 Å². The quantitative estimate of drug-likeness (QED) is 0.746. The normalized spacial score (nSPS) is 15.4. The third-order valence-electron chi connectivity index (χ3n) is 5.12. The number of carbonyl (C=O) groups excluding carboxylic acids is 1. The second-order valence-corrected chi connectivity index (χ2v) is 9.27. The summed E-state index contributed by atoms with van der Waals surface area (Å²) in [5.74, 6) is -0.262. The highest BCUT2D eigenvalue weighted by molar-refractivity contribution is 7.89. The molecule has 0 aromatic heterocycles. The van der Waals surface area contributed by atoms with Gasteiger partial charge in [-0.05, 0) is 35.4 Å². The molecule has 2 aromatic carbocycles. The Morgan fingerprint density at radius 1 is 1.07 bits per heavy atom. The van der Waals surface area contributed by atoms with Gasteiger partial charge in [-0.2, -0.15) is 0 Å². The number of hydrogen-bond acceptors (Lipinski definition) is 4. The largest absolute Gasteiger partial charge is 0.376 e. The fourth-order valence-electron chi connectivity index (χ4n) is 3.31. The Labute approximate surface area is 166 Å². The van der Waals surface area contributed by atoms with Crippen molar-refractivity contribution in [3.63, 3.8) is 0 Å². The molecule has 0 saturated heterocycles. The van der Waals surface area contributed by atoms with Gasteiger partial charge in [-0.25, -0.2) is 13.1 Å². The molecular formula is C21H26N2O4S. The van der Waals surface area contributed by atoms with E-state index in [0.717, 1.165) is 0 Å². The molecule has 3 rings (SSSR count). The van der Waals surface area contributed by atoms with Gasteiger partial charge in [0.2, 0.25) is 15.9 Å². The molecule has 0 bridgehead atoms. The summed E-state index contributed by atoms with van der Waals surface area (Å²) in [6.07, 6.45) is 1.34. The number of benzene rings is 2. The summed E-state index contributed by atoms with van der Waals surface area (Å²) in [5.41, 5.74) is 2.36. The summed E-state index contributed by atoms with van der Waals surface area (Å²) in [4.78, 5) is 11.9. The van der Waals surface area contributed by atoms with Crippen molar-refractivity contribution in [3.8, 4) is 0 Å². The van der Waals surface area contributed by atoms with Crippen molar-refractivity contribution in [3.05, 3.63) is 59.7 Å². The number of methoxy groups -OCH3 is 1. The van der Waals surface area contributed by atoms with E-state index in [0.29, 0.717) is 18.5 Å². The Kier molecular flexibility index (Phi) is 5.88. The zero-order chi connectivity index (χ0) is 20.4. The third-order valence-corrected chi connectivity index (χ3v) is 6.53. The summed E-state index contributed by atoms with van der Waals surface area (Å²) in [6.45, 7) is 3.78. The van der Waals surface area contributed by atoms with Crippen LogP contribution in [0.4, 0.5) is 5.69 Å². The molecule has 0 fully saturated rings. The first kappa shape index (κ1) is 20.5. The zero-order valence-electron chi connectivity index (χ0n) is 16.4. The summed E-state index contributed by atoms with van der Waals surface area (Å²) in [7, 11) is -2.07. The second-order valence-electron chi connectivity index (χ2n) is 7.50. The average Bonchev–Trinajstić information content (AvgIpc) is 3.06. The van der Waals surface area contributed by atoms with Crippen LogP contribution in [0.3, 0.4) is 0 Å². The van der Waals surface area contributed by atoms with Crippen molar-refractivity contribution in [1.82, 2.24) is 4.72 Å². The maximum atomic E-state index is 12.7. The monoisotopic (exact) mass is 402 g/mol. The Morgan fingerprint density at radius 2 is 1.64 bits per heavy atom. The van der Waals surface area contributed by atoms with Crippen LogP contribution < -0.4 is 10.0 Å². The fraction of sp³-hybridized carbons (Fsp3) is 0.381. The Morgan fingerprint density at radius 3 is 2.14 bits per heavy atom. The van der Waals surface area contributed by atoms with Gasteiger partial charge in [0.15, 0.2) is 0 Å². The van der Waals surface area contributed by atoms with Crippen LogP contribution in [0.15, 0.2) is 53.4 Å². The summed E-state index contributed by atoms with van der Waals surface area (Å²) in [5, 5.41) is 2.75. The van der Waals surface area contributed by atoms with Gasteiger partial charge < -0.3 is 10.1 Å². The lowest BCUT2D eigenvalue weighted by Crippen LogP contribution is -2.45. The lowest BCUT2D eigenvalue weighted by Gasteiger charge is -2.27. The van der Waals surface area contributed by atoms with Gasteiger partial charge >= 0.3 is 0 Å². The van der Waals surface area contributed by atoms with Crippen LogP contribution in [0.5, 0.6) is 0 Å². The van der Waals surface area contributed by atoms with Gasteiger partial charge in [-0.15, -0.1) is 0 Å². The molecule has 150 valence electrons. The second kappa shape index (κ2) is 8.03. The highest BCUT2D eigenvalue weighted by atomic mass is 32.2. The van der Waals surface area contributed by atoms with Crippen LogP contribution in [0.2, 0.25) is 0 Å². The molecule has 2 aromatic rings. The summed E-state index contributed by atoms with van der Waals surface area (Å²) < 4.78 is 33.8. The standard InChI is InChI=1S/C21H26N2O4S/c1-15(2)20(24)23-18-8-10-19(11-9-18)28(25,26)22-14-21(27-3)12-16-6-4-5-7-17(16)13-21/h4-11,15,22H,12-14H2,1-3H3,(H,23,24). The highest BCUT2D eigenvalue weighted by Crippen LogP contribution is 2.32. The summed E-state index contributed by atoms with van der Waals surface area (Å²) in [6, 6.07) is 14.2. The number of carbonyl (C=O) groups is 1. The molecule has 0 aliphatic heterocycles. The molecule has 6 nitrogen and oxygen atoms in total. The first-order valence-electron chi connectivity index (χ1n) is 9.27. The van der Waals surface area contributed by atoms with Crippen LogP contribution >= 0.6 is 0 Å². The summed E-state index contributed by atoms with van der Waals surface area (Å²) >= 11 is 0. The van der Waals surface area contributed by atoms with Gasteiger partial charge in [0.05, 0.1) is 10.5 Å². The van der Waals surface area contributed by atoms with Crippen molar-refractivity contribution >= 4 is 21.6 Å². The molecule has 2 N–H and O–H groups in total. The molecule has 0 unspecified atom stereocenters. The van der Waals surface area contributed by atoms with Crippen molar-refractivity contribution in [1.29, 1.82) is 0 Å². The van der Waals surface area contributed by atoms with Gasteiger partial charge in [-0.3, -0.25) is 4.79 Å². The highest BCUT2D eigenvalue weighted by Gasteiger charge is 2.38. The first-order chi connectivity index (χ1) is 13.2. The maximum Gasteiger partial charge on any atom is 0.240 e. The van der Waals surface area contributed by atoms with Gasteiger partial charge in [0.25, 0.3) is 0 Å². The number of nitrogens with one attached hydrogen (secondary N) is 2. The topological polar surface area (TPSA) is 84.5 Å². The molecule has 1 aliphatic rings. The van der Waals surface area contributed by atoms with Gasteiger partial charge in [0, 0.05) is 38.1 Å². The van der Waals surface area contributed by atoms with Crippen LogP contribution in [0.1, 0.15) is 25.0 Å². The van der Waals surface area contributed by atoms with Gasteiger partial charge in [-0.1, -0.05) is 38.1 Å². The number of ether oxygens (including phenoxy) is 1. The minimum absolute atomic E-state index is 0.114. The predicted molar refractivity (Wildman–Crippen MR) is 109 cm³/mol. The predicted octanol–water partition coefficient (Wildman–Crippen LogP) is 2.74. The lowest BCUT2D eigenvalue weighted by atomic mass is 10.0. The van der Waals surface area contributed by atoms with Crippen molar-refractivity contribution in [2.75, 3.05) is 19.0 Å². The molecule has 0 atom stereocenters. The molecule has 7 heteroatoms. The number of sulfonamides is 1. The molecule has 0 heterocycles. The van der Waals surface area contributed by atoms with E-state index in [-0.39, 0.29) is 23.3 Å². The molecule has 1 amide bonds. The fourth-order valence-corrected chi connectivity index (χ4v) is 4.43. The van der Waals surface area contributed by atoms with Crippen LogP contribution in [0.25, 0.3) is 0 Å². The van der Waals surface area contributed by atoms with E-state index in [1.54, 1.807) is 33.1 Å². The van der Waals surface area contributed by atoms with E-state index >= 15 is 0 Å². The van der Waals surface area contributed by atoms with Crippen molar-refractivity contribution < 1.29 is 17.9 Å². The van der Waals surface area contributed by atoms with E-state index in [2.05, 4.69) is 22.2 Å². The van der Waals surface area contributed by atoms with E-state index < -0.39 is 15.6 Å².